The van der Waals surface area contributed by atoms with Crippen LogP contribution < -0.4 is 0 Å². The smallest absolute Gasteiger partial charge is 0.341 e. The van der Waals surface area contributed by atoms with Crippen LogP contribution in [-0.4, -0.2) is 43.2 Å². The van der Waals surface area contributed by atoms with Gasteiger partial charge in [0.1, 0.15) is 17.0 Å². The summed E-state index contributed by atoms with van der Waals surface area (Å²) < 4.78 is 5.00. The van der Waals surface area contributed by atoms with E-state index in [2.05, 4.69) is 25.0 Å². The standard InChI is InChI=1S/C19H22NO3P/c1-23-19(22)16(17(21)14-10-12-20-13-11-14)18(24(2,3)4)15-8-6-5-7-9-15/h5-13,18H,1-4H3/p+1. The molecule has 2 aromatic rings. The van der Waals surface area contributed by atoms with Gasteiger partial charge < -0.3 is 9.84 Å². The van der Waals surface area contributed by atoms with E-state index in [-0.39, 0.29) is 11.4 Å². The quantitative estimate of drug-likeness (QED) is 0.383. The zero-order chi connectivity index (χ0) is 17.7. The molecule has 0 fully saturated rings. The molecule has 1 aromatic carbocycles. The van der Waals surface area contributed by atoms with Gasteiger partial charge >= 0.3 is 5.97 Å². The number of pyridine rings is 1. The molecule has 0 aliphatic heterocycles. The first-order valence-electron chi connectivity index (χ1n) is 7.64. The first-order chi connectivity index (χ1) is 11.4. The molecule has 126 valence electrons. The molecular formula is C19H23NO3P+. The number of aromatic nitrogens is 1. The van der Waals surface area contributed by atoms with E-state index in [9.17, 15) is 9.90 Å². The normalized spacial score (nSPS) is 13.8. The summed E-state index contributed by atoms with van der Waals surface area (Å²) in [6.07, 6.45) is 3.18. The van der Waals surface area contributed by atoms with Gasteiger partial charge in [-0.1, -0.05) is 30.3 Å². The van der Waals surface area contributed by atoms with E-state index in [1.54, 1.807) is 24.5 Å². The summed E-state index contributed by atoms with van der Waals surface area (Å²) in [5.41, 5.74) is 1.65. The van der Waals surface area contributed by atoms with Gasteiger partial charge in [-0.2, -0.15) is 0 Å². The lowest BCUT2D eigenvalue weighted by molar-refractivity contribution is -0.136. The minimum absolute atomic E-state index is 0.0481. The second kappa shape index (κ2) is 7.59. The Bertz CT molecular complexity index is 721. The van der Waals surface area contributed by atoms with E-state index in [0.29, 0.717) is 11.1 Å². The number of carbonyl (C=O) groups is 1. The van der Waals surface area contributed by atoms with Crippen LogP contribution in [0.15, 0.2) is 60.4 Å². The SMILES string of the molecule is COC(=O)/C(=C(/O)c1ccncc1)C(c1ccccc1)[P+](C)(C)C. The molecular weight excluding hydrogens is 321 g/mol. The number of rotatable bonds is 5. The number of benzene rings is 1. The summed E-state index contributed by atoms with van der Waals surface area (Å²) in [5.74, 6) is -0.555. The van der Waals surface area contributed by atoms with Crippen LogP contribution in [0, 0.1) is 0 Å². The lowest BCUT2D eigenvalue weighted by Gasteiger charge is -2.27. The van der Waals surface area contributed by atoms with Crippen molar-refractivity contribution >= 4 is 19.0 Å². The van der Waals surface area contributed by atoms with Crippen molar-refractivity contribution in [2.45, 2.75) is 5.66 Å². The van der Waals surface area contributed by atoms with Crippen LogP contribution >= 0.6 is 7.26 Å². The Hall–Kier alpha value is -2.19. The van der Waals surface area contributed by atoms with Crippen LogP contribution in [0.3, 0.4) is 0 Å². The summed E-state index contributed by atoms with van der Waals surface area (Å²) in [7, 11) is -0.241. The van der Waals surface area contributed by atoms with E-state index in [4.69, 9.17) is 4.74 Å². The second-order valence-corrected chi connectivity index (χ2v) is 11.2. The van der Waals surface area contributed by atoms with Gasteiger partial charge in [-0.3, -0.25) is 4.98 Å². The van der Waals surface area contributed by atoms with Crippen molar-refractivity contribution in [3.05, 3.63) is 71.6 Å². The molecule has 0 saturated carbocycles. The van der Waals surface area contributed by atoms with Gasteiger partial charge in [-0.05, 0) is 17.7 Å². The van der Waals surface area contributed by atoms with Crippen molar-refractivity contribution in [1.82, 2.24) is 4.98 Å². The third kappa shape index (κ3) is 4.01. The van der Waals surface area contributed by atoms with Gasteiger partial charge in [0, 0.05) is 45.2 Å². The highest BCUT2D eigenvalue weighted by atomic mass is 31.2. The first-order valence-corrected chi connectivity index (χ1v) is 10.8. The third-order valence-corrected chi connectivity index (χ3v) is 5.88. The molecule has 0 amide bonds. The van der Waals surface area contributed by atoms with Crippen molar-refractivity contribution < 1.29 is 14.6 Å². The Kier molecular flexibility index (Phi) is 5.74. The molecule has 24 heavy (non-hydrogen) atoms. The highest BCUT2D eigenvalue weighted by molar-refractivity contribution is 7.74. The van der Waals surface area contributed by atoms with Crippen molar-refractivity contribution in [2.24, 2.45) is 0 Å². The highest BCUT2D eigenvalue weighted by Gasteiger charge is 2.41. The lowest BCUT2D eigenvalue weighted by Crippen LogP contribution is -2.18. The van der Waals surface area contributed by atoms with Crippen molar-refractivity contribution in [3.63, 3.8) is 0 Å². The first kappa shape index (κ1) is 18.2. The summed E-state index contributed by atoms with van der Waals surface area (Å²) >= 11 is 0. The van der Waals surface area contributed by atoms with Gasteiger partial charge in [0.05, 0.1) is 7.11 Å². The number of hydrogen-bond acceptors (Lipinski definition) is 4. The zero-order valence-electron chi connectivity index (χ0n) is 14.4. The number of methoxy groups -OCH3 is 1. The van der Waals surface area contributed by atoms with E-state index < -0.39 is 13.2 Å². The Morgan fingerprint density at radius 2 is 1.67 bits per heavy atom. The Morgan fingerprint density at radius 3 is 2.17 bits per heavy atom. The largest absolute Gasteiger partial charge is 0.507 e. The Labute approximate surface area is 143 Å². The molecule has 1 atom stereocenters. The Balaban J connectivity index is 2.71. The third-order valence-electron chi connectivity index (χ3n) is 3.78. The molecule has 0 saturated heterocycles. The fourth-order valence-electron chi connectivity index (χ4n) is 2.75. The predicted octanol–water partition coefficient (Wildman–Crippen LogP) is 4.17. The average molecular weight is 344 g/mol. The van der Waals surface area contributed by atoms with Crippen LogP contribution in [0.25, 0.3) is 5.76 Å². The second-order valence-electron chi connectivity index (χ2n) is 6.42. The number of hydrogen-bond donors (Lipinski definition) is 1. The number of nitrogens with zero attached hydrogens (tertiary/aromatic N) is 1. The number of esters is 1. The fraction of sp³-hybridized carbons (Fsp3) is 0.263. The minimum Gasteiger partial charge on any atom is -0.507 e. The molecule has 0 radical (unpaired) electrons. The molecule has 0 aliphatic carbocycles. The summed E-state index contributed by atoms with van der Waals surface area (Å²) in [5, 5.41) is 10.8. The van der Waals surface area contributed by atoms with E-state index in [1.165, 1.54) is 7.11 Å². The molecule has 1 aromatic heterocycles. The van der Waals surface area contributed by atoms with Gasteiger partial charge in [0.25, 0.3) is 0 Å². The molecule has 0 spiro atoms. The number of aliphatic hydroxyl groups excluding tert-OH is 1. The van der Waals surface area contributed by atoms with E-state index >= 15 is 0 Å². The molecule has 0 aliphatic rings. The van der Waals surface area contributed by atoms with Gasteiger partial charge in [-0.15, -0.1) is 0 Å². The maximum absolute atomic E-state index is 12.6. The van der Waals surface area contributed by atoms with Crippen LogP contribution in [-0.2, 0) is 9.53 Å². The fourth-order valence-corrected chi connectivity index (χ4v) is 4.82. The van der Waals surface area contributed by atoms with Crippen LogP contribution in [0.4, 0.5) is 0 Å². The average Bonchev–Trinajstić information content (AvgIpc) is 2.58. The van der Waals surface area contributed by atoms with Crippen LogP contribution in [0.1, 0.15) is 16.8 Å². The highest BCUT2D eigenvalue weighted by Crippen LogP contribution is 2.64. The zero-order valence-corrected chi connectivity index (χ0v) is 15.3. The van der Waals surface area contributed by atoms with Crippen molar-refractivity contribution in [2.75, 3.05) is 27.1 Å². The molecule has 2 rings (SSSR count). The summed E-state index contributed by atoms with van der Waals surface area (Å²) in [4.78, 5) is 16.5. The minimum atomic E-state index is -1.58. The summed E-state index contributed by atoms with van der Waals surface area (Å²) in [6, 6.07) is 13.2. The molecule has 5 heteroatoms. The predicted molar refractivity (Wildman–Crippen MR) is 99.7 cm³/mol. The number of ether oxygens (including phenoxy) is 1. The maximum Gasteiger partial charge on any atom is 0.341 e. The number of carbonyl (C=O) groups excluding carboxylic acids is 1. The van der Waals surface area contributed by atoms with Gasteiger partial charge in [0.15, 0.2) is 0 Å². The monoisotopic (exact) mass is 344 g/mol. The molecule has 0 bridgehead atoms. The summed E-state index contributed by atoms with van der Waals surface area (Å²) in [6.45, 7) is 6.44. The lowest BCUT2D eigenvalue weighted by atomic mass is 10.0. The molecule has 1 heterocycles. The topological polar surface area (TPSA) is 59.4 Å². The molecule has 4 nitrogen and oxygen atoms in total. The molecule has 1 unspecified atom stereocenters. The van der Waals surface area contributed by atoms with Crippen molar-refractivity contribution in [3.8, 4) is 0 Å². The van der Waals surface area contributed by atoms with Crippen molar-refractivity contribution in [1.29, 1.82) is 0 Å². The van der Waals surface area contributed by atoms with Gasteiger partial charge in [-0.25, -0.2) is 4.79 Å². The molecule has 1 N–H and O–H groups in total. The van der Waals surface area contributed by atoms with E-state index in [0.717, 1.165) is 5.56 Å². The number of aliphatic hydroxyl groups is 1. The van der Waals surface area contributed by atoms with Crippen LogP contribution in [0.5, 0.6) is 0 Å². The van der Waals surface area contributed by atoms with E-state index in [1.807, 2.05) is 30.3 Å². The maximum atomic E-state index is 12.6. The van der Waals surface area contributed by atoms with Crippen LogP contribution in [0.2, 0.25) is 0 Å². The van der Waals surface area contributed by atoms with Gasteiger partial charge in [0.2, 0.25) is 0 Å². The Morgan fingerprint density at radius 1 is 1.08 bits per heavy atom.